The molecule has 16 heteroatoms. The normalized spacial score (nSPS) is 21.4. The minimum absolute atomic E-state index is 0. The minimum atomic E-state index is -1.43. The number of aromatic nitrogens is 6. The number of β-lactam (4-membered cyclic amide) rings is 1. The van der Waals surface area contributed by atoms with Gasteiger partial charge in [0.2, 0.25) is 0 Å². The van der Waals surface area contributed by atoms with Crippen molar-refractivity contribution in [1.82, 2.24) is 35.3 Å². The van der Waals surface area contributed by atoms with Gasteiger partial charge in [-0.15, -0.1) is 27.1 Å². The van der Waals surface area contributed by atoms with E-state index in [-0.39, 0.29) is 35.3 Å². The van der Waals surface area contributed by atoms with Crippen LogP contribution < -0.4 is 10.2 Å². The fraction of sp³-hybridized carbons (Fsp3) is 0.385. The molecule has 0 unspecified atom stereocenters. The largest absolute Gasteiger partial charge is 2.00 e. The first-order valence-electron chi connectivity index (χ1n) is 7.76. The molecule has 146 valence electrons. The SMILES string of the molecule is O=C([O-])C1=C(CSc2nncs2)CS[C@@H]2[C@H](N=C([O-])Cn3cnnn3)C(=O)N12.[Mg+2]. The molecular weight excluding hydrogens is 453 g/mol. The maximum Gasteiger partial charge on any atom is 2.00 e. The molecule has 4 rings (SSSR count). The van der Waals surface area contributed by atoms with E-state index in [1.165, 1.54) is 45.9 Å². The Morgan fingerprint density at radius 3 is 2.86 bits per heavy atom. The quantitative estimate of drug-likeness (QED) is 0.135. The number of carbonyl (C=O) groups excluding carboxylic acids is 2. The van der Waals surface area contributed by atoms with E-state index < -0.39 is 29.2 Å². The average Bonchev–Trinajstić information content (AvgIpc) is 3.37. The van der Waals surface area contributed by atoms with Crippen LogP contribution >= 0.6 is 34.9 Å². The molecule has 1 saturated heterocycles. The molecule has 0 aromatic carbocycles. The summed E-state index contributed by atoms with van der Waals surface area (Å²) in [5, 5.41) is 41.2. The molecule has 2 aromatic heterocycles. The number of aliphatic carboxylic acids is 1. The average molecular weight is 463 g/mol. The van der Waals surface area contributed by atoms with Crippen LogP contribution in [0.15, 0.2) is 32.4 Å². The number of carboxylic acids is 1. The van der Waals surface area contributed by atoms with Crippen LogP contribution in [0.1, 0.15) is 0 Å². The minimum Gasteiger partial charge on any atom is -0.861 e. The van der Waals surface area contributed by atoms with Crippen molar-refractivity contribution in [3.8, 4) is 0 Å². The molecule has 0 saturated carbocycles. The number of hydrogen-bond acceptors (Lipinski definition) is 13. The van der Waals surface area contributed by atoms with Gasteiger partial charge in [0.05, 0.1) is 18.2 Å². The Kier molecular flexibility index (Phi) is 7.09. The third-order valence-corrected chi connectivity index (χ3v) is 7.17. The molecule has 12 nitrogen and oxygen atoms in total. The van der Waals surface area contributed by atoms with Gasteiger partial charge in [0.15, 0.2) is 10.4 Å². The van der Waals surface area contributed by atoms with Crippen molar-refractivity contribution in [1.29, 1.82) is 0 Å². The van der Waals surface area contributed by atoms with Crippen LogP contribution in [-0.2, 0) is 16.1 Å². The van der Waals surface area contributed by atoms with Crippen molar-refractivity contribution in [3.05, 3.63) is 23.1 Å². The molecule has 0 N–H and O–H groups in total. The second kappa shape index (κ2) is 9.37. The van der Waals surface area contributed by atoms with E-state index in [9.17, 15) is 19.8 Å². The predicted octanol–water partition coefficient (Wildman–Crippen LogP) is -3.02. The molecule has 0 bridgehead atoms. The van der Waals surface area contributed by atoms with E-state index in [2.05, 4.69) is 30.7 Å². The van der Waals surface area contributed by atoms with Gasteiger partial charge in [0.25, 0.3) is 5.91 Å². The van der Waals surface area contributed by atoms with Crippen LogP contribution in [0.25, 0.3) is 0 Å². The van der Waals surface area contributed by atoms with Gasteiger partial charge in [-0.3, -0.25) is 14.7 Å². The monoisotopic (exact) mass is 462 g/mol. The van der Waals surface area contributed by atoms with Gasteiger partial charge >= 0.3 is 23.1 Å². The maximum atomic E-state index is 12.5. The number of carboxylic acid groups (broad SMARTS) is 1. The summed E-state index contributed by atoms with van der Waals surface area (Å²) in [6, 6.07) is -0.930. The molecule has 2 aliphatic heterocycles. The zero-order valence-corrected chi connectivity index (χ0v) is 18.4. The standard InChI is InChI=1S/C13H12N8O4S3.Mg/c22-7(1-20-4-14-18-19-20)16-8-10(23)21-9(12(24)25)6(2-26-11(8)21)3-27-13-17-15-5-28-13;/h4-5,8,11H,1-3H2,(H,16,22)(H,24,25);/q;+2/p-2/t8-,11-;/m1./s1. The van der Waals surface area contributed by atoms with E-state index >= 15 is 0 Å². The van der Waals surface area contributed by atoms with Crippen molar-refractivity contribution in [3.63, 3.8) is 0 Å². The molecule has 0 radical (unpaired) electrons. The van der Waals surface area contributed by atoms with E-state index in [0.717, 1.165) is 4.90 Å². The molecule has 1 fully saturated rings. The first-order valence-corrected chi connectivity index (χ1v) is 10.7. The van der Waals surface area contributed by atoms with Crippen molar-refractivity contribution in [2.75, 3.05) is 11.5 Å². The van der Waals surface area contributed by atoms with Gasteiger partial charge in [-0.25, -0.2) is 4.68 Å². The van der Waals surface area contributed by atoms with Crippen LogP contribution in [0.5, 0.6) is 0 Å². The third kappa shape index (κ3) is 4.55. The number of rotatable bonds is 7. The second-order valence-electron chi connectivity index (χ2n) is 5.62. The van der Waals surface area contributed by atoms with Crippen LogP contribution in [0.4, 0.5) is 0 Å². The van der Waals surface area contributed by atoms with Gasteiger partial charge in [-0.1, -0.05) is 23.1 Å². The predicted molar refractivity (Wildman–Crippen MR) is 101 cm³/mol. The summed E-state index contributed by atoms with van der Waals surface area (Å²) in [7, 11) is 0. The second-order valence-corrected chi connectivity index (χ2v) is 8.78. The summed E-state index contributed by atoms with van der Waals surface area (Å²) in [6.07, 6.45) is 1.26. The molecule has 1 amide bonds. The topological polar surface area (TPSA) is 165 Å². The smallest absolute Gasteiger partial charge is 0.861 e. The molecule has 0 aliphatic carbocycles. The van der Waals surface area contributed by atoms with E-state index in [0.29, 0.717) is 21.4 Å². The summed E-state index contributed by atoms with van der Waals surface area (Å²) in [6.45, 7) is -0.193. The van der Waals surface area contributed by atoms with Gasteiger partial charge in [-0.05, 0) is 21.9 Å². The Labute approximate surface area is 192 Å². The van der Waals surface area contributed by atoms with Crippen LogP contribution in [-0.4, -0.2) is 99.1 Å². The van der Waals surface area contributed by atoms with E-state index in [1.807, 2.05) is 0 Å². The Morgan fingerprint density at radius 1 is 1.38 bits per heavy atom. The van der Waals surface area contributed by atoms with Crippen LogP contribution in [0.2, 0.25) is 0 Å². The molecule has 0 spiro atoms. The third-order valence-electron chi connectivity index (χ3n) is 3.89. The number of amides is 1. The first kappa shape index (κ1) is 21.9. The molecule has 29 heavy (non-hydrogen) atoms. The molecule has 2 aromatic rings. The Hall–Kier alpha value is -1.75. The van der Waals surface area contributed by atoms with E-state index in [4.69, 9.17) is 0 Å². The van der Waals surface area contributed by atoms with E-state index in [1.54, 1.807) is 5.51 Å². The van der Waals surface area contributed by atoms with Crippen LogP contribution in [0, 0.1) is 0 Å². The van der Waals surface area contributed by atoms with Gasteiger partial charge in [0, 0.05) is 11.5 Å². The zero-order chi connectivity index (χ0) is 19.7. The Bertz CT molecular complexity index is 951. The summed E-state index contributed by atoms with van der Waals surface area (Å²) in [5.41, 5.74) is 2.00. The van der Waals surface area contributed by atoms with Gasteiger partial charge < -0.3 is 15.0 Å². The van der Waals surface area contributed by atoms with Crippen molar-refractivity contribution in [2.24, 2.45) is 4.99 Å². The summed E-state index contributed by atoms with van der Waals surface area (Å²) >= 11 is 4.05. The number of fused-ring (bicyclic) bond motifs is 1. The molecule has 4 heterocycles. The van der Waals surface area contributed by atoms with Gasteiger partial charge in [0.1, 0.15) is 17.2 Å². The number of thioether (sulfide) groups is 2. The van der Waals surface area contributed by atoms with Crippen molar-refractivity contribution < 1.29 is 19.8 Å². The molecular formula is C13H10MgN8O4S3. The maximum absolute atomic E-state index is 12.5. The number of carbonyl (C=O) groups is 2. The fourth-order valence-corrected chi connectivity index (χ4v) is 5.67. The number of nitrogens with zero attached hydrogens (tertiary/aromatic N) is 8. The number of tetrazole rings is 1. The van der Waals surface area contributed by atoms with Crippen LogP contribution in [0.3, 0.4) is 0 Å². The summed E-state index contributed by atoms with van der Waals surface area (Å²) in [4.78, 5) is 29.2. The van der Waals surface area contributed by atoms with Crippen molar-refractivity contribution in [2.45, 2.75) is 22.3 Å². The first-order chi connectivity index (χ1) is 13.5. The molecule has 2 atom stereocenters. The summed E-state index contributed by atoms with van der Waals surface area (Å²) in [5.74, 6) is -1.80. The van der Waals surface area contributed by atoms with Crippen molar-refractivity contribution >= 4 is 75.7 Å². The number of hydrogen-bond donors (Lipinski definition) is 0. The fourth-order valence-electron chi connectivity index (χ4n) is 2.71. The number of aliphatic imine (C=N–C) groups is 1. The molecule has 2 aliphatic rings. The Morgan fingerprint density at radius 2 is 2.21 bits per heavy atom. The zero-order valence-electron chi connectivity index (χ0n) is 14.6. The van der Waals surface area contributed by atoms with Gasteiger partial charge in [-0.2, -0.15) is 0 Å². The summed E-state index contributed by atoms with van der Waals surface area (Å²) < 4.78 is 1.89. The Balaban J connectivity index is 0.00000240.